The van der Waals surface area contributed by atoms with Crippen LogP contribution in [-0.2, 0) is 0 Å². The maximum absolute atomic E-state index is 5.81. The summed E-state index contributed by atoms with van der Waals surface area (Å²) in [6, 6.07) is 0. The predicted molar refractivity (Wildman–Crippen MR) is 66.9 cm³/mol. The molecule has 0 bridgehead atoms. The van der Waals surface area contributed by atoms with Crippen molar-refractivity contribution in [3.05, 3.63) is 0 Å². The van der Waals surface area contributed by atoms with E-state index in [2.05, 4.69) is 32.6 Å². The Hall–Kier alpha value is -0.0800. The Morgan fingerprint density at radius 2 is 2.07 bits per heavy atom. The molecule has 0 aromatic heterocycles. The summed E-state index contributed by atoms with van der Waals surface area (Å²) in [7, 11) is 0. The fraction of sp³-hybridized carbons (Fsp3) is 1.00. The summed E-state index contributed by atoms with van der Waals surface area (Å²) in [5.41, 5.74) is 6.70. The summed E-state index contributed by atoms with van der Waals surface area (Å²) >= 11 is 0. The summed E-state index contributed by atoms with van der Waals surface area (Å²) < 4.78 is 0. The zero-order valence-electron chi connectivity index (χ0n) is 11.0. The average molecular weight is 212 g/mol. The molecule has 0 radical (unpaired) electrons. The van der Waals surface area contributed by atoms with Crippen LogP contribution in [0, 0.1) is 10.8 Å². The fourth-order valence-electron chi connectivity index (χ4n) is 2.12. The smallest absolute Gasteiger partial charge is 0.00479 e. The van der Waals surface area contributed by atoms with Crippen LogP contribution in [0.5, 0.6) is 0 Å². The van der Waals surface area contributed by atoms with Crippen molar-refractivity contribution in [3.8, 4) is 0 Å². The van der Waals surface area contributed by atoms with Crippen molar-refractivity contribution in [1.29, 1.82) is 0 Å². The van der Waals surface area contributed by atoms with Crippen LogP contribution in [0.3, 0.4) is 0 Å². The summed E-state index contributed by atoms with van der Waals surface area (Å²) in [4.78, 5) is 2.59. The Kier molecular flexibility index (Phi) is 4.19. The molecule has 0 aliphatic carbocycles. The van der Waals surface area contributed by atoms with Crippen LogP contribution < -0.4 is 5.73 Å². The minimum atomic E-state index is 0.385. The molecule has 1 saturated heterocycles. The molecule has 0 aromatic rings. The molecule has 90 valence electrons. The summed E-state index contributed by atoms with van der Waals surface area (Å²) in [6.45, 7) is 13.9. The Morgan fingerprint density at radius 1 is 1.40 bits per heavy atom. The van der Waals surface area contributed by atoms with Gasteiger partial charge in [0.15, 0.2) is 0 Å². The molecule has 1 unspecified atom stereocenters. The van der Waals surface area contributed by atoms with E-state index in [4.69, 9.17) is 5.73 Å². The first-order chi connectivity index (χ1) is 6.91. The first-order valence-electron chi connectivity index (χ1n) is 6.33. The number of likely N-dealkylation sites (tertiary alicyclic amines) is 1. The van der Waals surface area contributed by atoms with Crippen molar-refractivity contribution in [1.82, 2.24) is 4.90 Å². The monoisotopic (exact) mass is 212 g/mol. The standard InChI is InChI=1S/C13H28N2/c1-5-12(2,3)6-8-15-9-7-13(4,10-14)11-15/h5-11,14H2,1-4H3. The van der Waals surface area contributed by atoms with Gasteiger partial charge in [-0.15, -0.1) is 0 Å². The number of rotatable bonds is 5. The Morgan fingerprint density at radius 3 is 2.53 bits per heavy atom. The zero-order chi connectivity index (χ0) is 11.5. The number of nitrogens with two attached hydrogens (primary N) is 1. The molecule has 1 aliphatic heterocycles. The van der Waals surface area contributed by atoms with Gasteiger partial charge in [0.25, 0.3) is 0 Å². The highest BCUT2D eigenvalue weighted by molar-refractivity contribution is 4.87. The third-order valence-electron chi connectivity index (χ3n) is 4.19. The molecule has 2 heteroatoms. The average Bonchev–Trinajstić information content (AvgIpc) is 2.59. The van der Waals surface area contributed by atoms with Gasteiger partial charge in [0.05, 0.1) is 0 Å². The normalized spacial score (nSPS) is 28.6. The molecule has 0 spiro atoms. The van der Waals surface area contributed by atoms with E-state index in [0.717, 1.165) is 6.54 Å². The largest absolute Gasteiger partial charge is 0.330 e. The molecule has 1 fully saturated rings. The lowest BCUT2D eigenvalue weighted by atomic mass is 9.86. The number of hydrogen-bond donors (Lipinski definition) is 1. The van der Waals surface area contributed by atoms with Gasteiger partial charge in [-0.2, -0.15) is 0 Å². The molecule has 1 heterocycles. The minimum absolute atomic E-state index is 0.385. The lowest BCUT2D eigenvalue weighted by Crippen LogP contribution is -2.32. The van der Waals surface area contributed by atoms with Crippen molar-refractivity contribution in [2.24, 2.45) is 16.6 Å². The Bertz CT molecular complexity index is 201. The highest BCUT2D eigenvalue weighted by Gasteiger charge is 2.32. The van der Waals surface area contributed by atoms with Crippen LogP contribution in [0.2, 0.25) is 0 Å². The molecule has 2 N–H and O–H groups in total. The highest BCUT2D eigenvalue weighted by Crippen LogP contribution is 2.31. The van der Waals surface area contributed by atoms with Gasteiger partial charge in [0, 0.05) is 6.54 Å². The molecule has 1 aliphatic rings. The van der Waals surface area contributed by atoms with Crippen LogP contribution in [0.1, 0.15) is 47.0 Å². The van der Waals surface area contributed by atoms with Crippen LogP contribution in [-0.4, -0.2) is 31.1 Å². The van der Waals surface area contributed by atoms with E-state index in [1.54, 1.807) is 0 Å². The van der Waals surface area contributed by atoms with Gasteiger partial charge in [0.1, 0.15) is 0 Å². The van der Waals surface area contributed by atoms with Crippen LogP contribution in [0.15, 0.2) is 0 Å². The van der Waals surface area contributed by atoms with E-state index in [1.165, 1.54) is 38.9 Å². The first kappa shape index (κ1) is 13.0. The van der Waals surface area contributed by atoms with Gasteiger partial charge in [-0.05, 0) is 43.3 Å². The van der Waals surface area contributed by atoms with Crippen molar-refractivity contribution < 1.29 is 0 Å². The van der Waals surface area contributed by atoms with Crippen molar-refractivity contribution in [2.75, 3.05) is 26.2 Å². The maximum atomic E-state index is 5.81. The highest BCUT2D eigenvalue weighted by atomic mass is 15.2. The Balaban J connectivity index is 2.31. The van der Waals surface area contributed by atoms with Crippen LogP contribution in [0.25, 0.3) is 0 Å². The van der Waals surface area contributed by atoms with Crippen molar-refractivity contribution in [2.45, 2.75) is 47.0 Å². The third kappa shape index (κ3) is 3.76. The second kappa shape index (κ2) is 4.84. The topological polar surface area (TPSA) is 29.3 Å². The quantitative estimate of drug-likeness (QED) is 0.758. The van der Waals surface area contributed by atoms with Gasteiger partial charge in [-0.1, -0.05) is 34.1 Å². The first-order valence-corrected chi connectivity index (χ1v) is 6.33. The van der Waals surface area contributed by atoms with E-state index < -0.39 is 0 Å². The third-order valence-corrected chi connectivity index (χ3v) is 4.19. The van der Waals surface area contributed by atoms with Crippen LogP contribution >= 0.6 is 0 Å². The van der Waals surface area contributed by atoms with E-state index >= 15 is 0 Å². The molecule has 0 amide bonds. The molecular formula is C13H28N2. The molecule has 2 nitrogen and oxygen atoms in total. The second-order valence-electron chi connectivity index (χ2n) is 6.31. The summed E-state index contributed by atoms with van der Waals surface area (Å²) in [5, 5.41) is 0. The van der Waals surface area contributed by atoms with Crippen molar-refractivity contribution >= 4 is 0 Å². The summed E-state index contributed by atoms with van der Waals surface area (Å²) in [6.07, 6.45) is 3.86. The van der Waals surface area contributed by atoms with Gasteiger partial charge in [-0.25, -0.2) is 0 Å². The summed E-state index contributed by atoms with van der Waals surface area (Å²) in [5.74, 6) is 0. The zero-order valence-corrected chi connectivity index (χ0v) is 11.0. The lowest BCUT2D eigenvalue weighted by molar-refractivity contribution is 0.224. The number of nitrogens with zero attached hydrogens (tertiary/aromatic N) is 1. The fourth-order valence-corrected chi connectivity index (χ4v) is 2.12. The van der Waals surface area contributed by atoms with E-state index in [-0.39, 0.29) is 0 Å². The second-order valence-corrected chi connectivity index (χ2v) is 6.31. The molecule has 0 saturated carbocycles. The molecule has 1 atom stereocenters. The minimum Gasteiger partial charge on any atom is -0.330 e. The SMILES string of the molecule is CCC(C)(C)CCN1CCC(C)(CN)C1. The Labute approximate surface area is 95.2 Å². The predicted octanol–water partition coefficient (Wildman–Crippen LogP) is 2.48. The van der Waals surface area contributed by atoms with Gasteiger partial charge in [-0.3, -0.25) is 0 Å². The van der Waals surface area contributed by atoms with Crippen molar-refractivity contribution in [3.63, 3.8) is 0 Å². The number of hydrogen-bond acceptors (Lipinski definition) is 2. The van der Waals surface area contributed by atoms with E-state index in [0.29, 0.717) is 10.8 Å². The maximum Gasteiger partial charge on any atom is 0.00479 e. The van der Waals surface area contributed by atoms with E-state index in [9.17, 15) is 0 Å². The van der Waals surface area contributed by atoms with Gasteiger partial charge >= 0.3 is 0 Å². The molecule has 0 aromatic carbocycles. The lowest BCUT2D eigenvalue weighted by Gasteiger charge is -2.27. The molecular weight excluding hydrogens is 184 g/mol. The van der Waals surface area contributed by atoms with Gasteiger partial charge in [0.2, 0.25) is 0 Å². The molecule has 1 rings (SSSR count). The van der Waals surface area contributed by atoms with E-state index in [1.807, 2.05) is 0 Å². The molecule has 15 heavy (non-hydrogen) atoms. The van der Waals surface area contributed by atoms with Crippen LogP contribution in [0.4, 0.5) is 0 Å². The van der Waals surface area contributed by atoms with Gasteiger partial charge < -0.3 is 10.6 Å².